The molecule has 7 rings (SSSR count). The maximum absolute atomic E-state index is 14.0. The number of morpholine rings is 2. The molecule has 0 amide bonds. The molecule has 0 N–H and O–H groups in total. The average molecular weight is 650 g/mol. The van der Waals surface area contributed by atoms with E-state index in [0.717, 1.165) is 35.6 Å². The Morgan fingerprint density at radius 3 is 2.08 bits per heavy atom. The number of halogens is 1. The minimum absolute atomic E-state index is 0.301. The maximum Gasteiger partial charge on any atom is 0.249 e. The maximum atomic E-state index is 14.0. The van der Waals surface area contributed by atoms with Crippen LogP contribution in [0.1, 0.15) is 29.2 Å². The molecule has 11 nitrogen and oxygen atoms in total. The van der Waals surface area contributed by atoms with Crippen molar-refractivity contribution in [3.05, 3.63) is 89.2 Å². The van der Waals surface area contributed by atoms with Gasteiger partial charge in [0, 0.05) is 43.9 Å². The van der Waals surface area contributed by atoms with Crippen LogP contribution < -0.4 is 24.3 Å². The summed E-state index contributed by atoms with van der Waals surface area (Å²) in [5.41, 5.74) is 5.26. The molecular formula is C36H36FN7O4. The van der Waals surface area contributed by atoms with E-state index in [9.17, 15) is 9.65 Å². The van der Waals surface area contributed by atoms with Gasteiger partial charge in [-0.3, -0.25) is 0 Å². The molecule has 0 aliphatic carbocycles. The zero-order valence-electron chi connectivity index (χ0n) is 26.9. The second kappa shape index (κ2) is 13.9. The minimum Gasteiger partial charge on any atom is -0.493 e. The van der Waals surface area contributed by atoms with Crippen molar-refractivity contribution in [2.75, 3.05) is 81.6 Å². The van der Waals surface area contributed by atoms with Gasteiger partial charge in [-0.1, -0.05) is 18.2 Å². The highest BCUT2D eigenvalue weighted by Crippen LogP contribution is 2.41. The number of hydrogen-bond acceptors (Lipinski definition) is 11. The summed E-state index contributed by atoms with van der Waals surface area (Å²) in [6.07, 6.45) is 0.564. The van der Waals surface area contributed by atoms with E-state index in [0.29, 0.717) is 86.0 Å². The third kappa shape index (κ3) is 6.22. The van der Waals surface area contributed by atoms with Crippen LogP contribution in [0.5, 0.6) is 11.5 Å². The Bertz CT molecular complexity index is 1830. The summed E-state index contributed by atoms with van der Waals surface area (Å²) >= 11 is 0. The van der Waals surface area contributed by atoms with Crippen molar-refractivity contribution in [1.29, 1.82) is 5.26 Å². The van der Waals surface area contributed by atoms with Gasteiger partial charge in [-0.2, -0.15) is 15.3 Å². The first-order valence-electron chi connectivity index (χ1n) is 16.0. The molecule has 1 unspecified atom stereocenters. The monoisotopic (exact) mass is 649 g/mol. The summed E-state index contributed by atoms with van der Waals surface area (Å²) in [5, 5.41) is 17.4. The van der Waals surface area contributed by atoms with Crippen LogP contribution in [-0.2, 0) is 9.47 Å². The average Bonchev–Trinajstić information content (AvgIpc) is 3.61. The first kappa shape index (κ1) is 31.4. The molecule has 3 aliphatic heterocycles. The second-order valence-corrected chi connectivity index (χ2v) is 11.7. The topological polar surface area (TPSA) is 109 Å². The zero-order chi connectivity index (χ0) is 33.0. The molecule has 1 aromatic heterocycles. The summed E-state index contributed by atoms with van der Waals surface area (Å²) in [5.74, 6) is 1.67. The van der Waals surface area contributed by atoms with E-state index in [1.807, 2.05) is 28.1 Å². The Balaban J connectivity index is 1.35. The lowest BCUT2D eigenvalue weighted by molar-refractivity contribution is 0.122. The molecule has 3 aliphatic rings. The molecule has 0 saturated carbocycles. The molecule has 0 spiro atoms. The summed E-state index contributed by atoms with van der Waals surface area (Å²) in [6, 6.07) is 22.3. The third-order valence-corrected chi connectivity index (χ3v) is 8.90. The van der Waals surface area contributed by atoms with Gasteiger partial charge in [0.2, 0.25) is 5.95 Å². The highest BCUT2D eigenvalue weighted by atomic mass is 19.1. The first-order valence-corrected chi connectivity index (χ1v) is 16.0. The molecule has 3 aromatic carbocycles. The third-order valence-electron chi connectivity index (χ3n) is 8.90. The van der Waals surface area contributed by atoms with E-state index in [1.165, 1.54) is 12.1 Å². The number of nitrogens with zero attached hydrogens (tertiary/aromatic N) is 7. The van der Waals surface area contributed by atoms with Gasteiger partial charge in [0.15, 0.2) is 17.3 Å². The Kier molecular flexibility index (Phi) is 9.05. The van der Waals surface area contributed by atoms with Crippen LogP contribution in [0.25, 0.3) is 11.3 Å². The van der Waals surface area contributed by atoms with Crippen molar-refractivity contribution in [3.63, 3.8) is 0 Å². The van der Waals surface area contributed by atoms with Crippen molar-refractivity contribution in [1.82, 2.24) is 9.97 Å². The largest absolute Gasteiger partial charge is 0.493 e. The molecule has 4 heterocycles. The predicted molar refractivity (Wildman–Crippen MR) is 181 cm³/mol. The van der Waals surface area contributed by atoms with Gasteiger partial charge in [-0.05, 0) is 59.7 Å². The smallest absolute Gasteiger partial charge is 0.249 e. The van der Waals surface area contributed by atoms with Crippen LogP contribution in [0.2, 0.25) is 0 Å². The Morgan fingerprint density at radius 1 is 0.792 bits per heavy atom. The fourth-order valence-corrected chi connectivity index (χ4v) is 6.34. The van der Waals surface area contributed by atoms with Crippen LogP contribution in [-0.4, -0.2) is 82.5 Å². The number of aromatic nitrogens is 2. The van der Waals surface area contributed by atoms with Gasteiger partial charge in [-0.25, -0.2) is 14.4 Å². The Hall–Kier alpha value is -5.25. The molecular weight excluding hydrogens is 613 g/mol. The summed E-state index contributed by atoms with van der Waals surface area (Å²) in [7, 11) is 3.22. The summed E-state index contributed by atoms with van der Waals surface area (Å²) in [4.78, 5) is 14.3. The van der Waals surface area contributed by atoms with Crippen molar-refractivity contribution >= 4 is 23.2 Å². The Morgan fingerprint density at radius 2 is 1.44 bits per heavy atom. The van der Waals surface area contributed by atoms with E-state index in [2.05, 4.69) is 35.2 Å². The lowest BCUT2D eigenvalue weighted by atomic mass is 9.98. The molecule has 12 heteroatoms. The Labute approximate surface area is 278 Å². The van der Waals surface area contributed by atoms with E-state index >= 15 is 0 Å². The SMILES string of the molecule is COc1ccc(C2CC(c3ccc(N4CCOCC4)cc3)=NN2c2nc(-c3ccc(F)cc3)c(C#N)c(N3CCOCC3)n2)cc1OC. The van der Waals surface area contributed by atoms with E-state index in [4.69, 9.17) is 34.0 Å². The van der Waals surface area contributed by atoms with E-state index < -0.39 is 0 Å². The molecule has 0 bridgehead atoms. The predicted octanol–water partition coefficient (Wildman–Crippen LogP) is 5.20. The molecule has 48 heavy (non-hydrogen) atoms. The fourth-order valence-electron chi connectivity index (χ4n) is 6.34. The van der Waals surface area contributed by atoms with Crippen LogP contribution in [0.3, 0.4) is 0 Å². The van der Waals surface area contributed by atoms with Crippen molar-refractivity contribution in [2.24, 2.45) is 5.10 Å². The quantitative estimate of drug-likeness (QED) is 0.253. The fraction of sp³-hybridized carbons (Fsp3) is 0.333. The molecule has 2 saturated heterocycles. The molecule has 2 fully saturated rings. The highest BCUT2D eigenvalue weighted by Gasteiger charge is 2.34. The molecule has 246 valence electrons. The number of benzene rings is 3. The van der Waals surface area contributed by atoms with Crippen molar-refractivity contribution < 1.29 is 23.3 Å². The zero-order valence-corrected chi connectivity index (χ0v) is 26.9. The standard InChI is InChI=1S/C36H36FN7O4/c1-45-32-12-7-26(21-33(32)46-2)31-22-30(24-5-10-28(11-6-24)42-13-17-47-18-14-42)41-44(31)36-39-34(25-3-8-27(37)9-4-25)29(23-38)35(40-36)43-15-19-48-20-16-43/h3-12,21,31H,13-20,22H2,1-2H3. The van der Waals surface area contributed by atoms with Gasteiger partial charge in [-0.15, -0.1) is 0 Å². The normalized spacial score (nSPS) is 18.0. The summed E-state index contributed by atoms with van der Waals surface area (Å²) in [6.45, 7) is 5.29. The van der Waals surface area contributed by atoms with E-state index in [1.54, 1.807) is 26.4 Å². The lowest BCUT2D eigenvalue weighted by Crippen LogP contribution is -2.37. The van der Waals surface area contributed by atoms with Crippen molar-refractivity contribution in [2.45, 2.75) is 12.5 Å². The van der Waals surface area contributed by atoms with E-state index in [-0.39, 0.29) is 11.9 Å². The number of hydrazone groups is 1. The first-order chi connectivity index (χ1) is 23.6. The van der Waals surface area contributed by atoms with Crippen LogP contribution in [0.4, 0.5) is 21.8 Å². The van der Waals surface area contributed by atoms with Gasteiger partial charge in [0.25, 0.3) is 0 Å². The number of rotatable bonds is 8. The molecule has 0 radical (unpaired) electrons. The van der Waals surface area contributed by atoms with Crippen LogP contribution in [0.15, 0.2) is 71.8 Å². The van der Waals surface area contributed by atoms with Gasteiger partial charge >= 0.3 is 0 Å². The number of ether oxygens (including phenoxy) is 4. The molecule has 4 aromatic rings. The number of nitriles is 1. The van der Waals surface area contributed by atoms with Gasteiger partial charge in [0.1, 0.15) is 17.4 Å². The molecule has 1 atom stereocenters. The second-order valence-electron chi connectivity index (χ2n) is 11.7. The number of anilines is 3. The highest BCUT2D eigenvalue weighted by molar-refractivity contribution is 6.03. The number of hydrogen-bond donors (Lipinski definition) is 0. The van der Waals surface area contributed by atoms with Crippen LogP contribution in [0, 0.1) is 17.1 Å². The summed E-state index contributed by atoms with van der Waals surface area (Å²) < 4.78 is 36.3. The van der Waals surface area contributed by atoms with Crippen molar-refractivity contribution in [3.8, 4) is 28.8 Å². The minimum atomic E-state index is -0.373. The lowest BCUT2D eigenvalue weighted by Gasteiger charge is -2.30. The van der Waals surface area contributed by atoms with Gasteiger partial charge in [0.05, 0.1) is 58.1 Å². The van der Waals surface area contributed by atoms with Crippen LogP contribution >= 0.6 is 0 Å². The van der Waals surface area contributed by atoms with Gasteiger partial charge < -0.3 is 28.7 Å². The number of methoxy groups -OCH3 is 2.